The monoisotopic (exact) mass is 219 g/mol. The van der Waals surface area contributed by atoms with Crippen LogP contribution in [0.15, 0.2) is 36.4 Å². The number of nitrogens with one attached hydrogen (secondary N) is 1. The van der Waals surface area contributed by atoms with E-state index in [-0.39, 0.29) is 0 Å². The SMILES string of the molecule is C/C=C/COCc1ccc(CCNC)cc1. The predicted molar refractivity (Wildman–Crippen MR) is 68.5 cm³/mol. The fourth-order valence-electron chi connectivity index (χ4n) is 1.41. The van der Waals surface area contributed by atoms with Gasteiger partial charge in [0.25, 0.3) is 0 Å². The third-order valence-electron chi connectivity index (χ3n) is 2.41. The number of benzene rings is 1. The average molecular weight is 219 g/mol. The summed E-state index contributed by atoms with van der Waals surface area (Å²) in [5.41, 5.74) is 2.60. The quantitative estimate of drug-likeness (QED) is 0.562. The lowest BCUT2D eigenvalue weighted by atomic mass is 10.1. The Labute approximate surface area is 98.3 Å². The highest BCUT2D eigenvalue weighted by atomic mass is 16.5. The van der Waals surface area contributed by atoms with E-state index in [1.807, 2.05) is 26.1 Å². The molecular formula is C14H21NO. The fourth-order valence-corrected chi connectivity index (χ4v) is 1.41. The van der Waals surface area contributed by atoms with Gasteiger partial charge in [-0.3, -0.25) is 0 Å². The smallest absolute Gasteiger partial charge is 0.0721 e. The molecule has 0 bridgehead atoms. The third-order valence-corrected chi connectivity index (χ3v) is 2.41. The Kier molecular flexibility index (Phi) is 6.54. The molecule has 0 heterocycles. The Hall–Kier alpha value is -1.12. The molecule has 0 fully saturated rings. The van der Waals surface area contributed by atoms with Crippen LogP contribution >= 0.6 is 0 Å². The number of hydrogen-bond donors (Lipinski definition) is 1. The zero-order valence-corrected chi connectivity index (χ0v) is 10.2. The molecule has 0 aliphatic heterocycles. The van der Waals surface area contributed by atoms with Crippen molar-refractivity contribution in [1.29, 1.82) is 0 Å². The van der Waals surface area contributed by atoms with Gasteiger partial charge in [0.1, 0.15) is 0 Å². The summed E-state index contributed by atoms with van der Waals surface area (Å²) in [6, 6.07) is 8.62. The van der Waals surface area contributed by atoms with Gasteiger partial charge in [-0.05, 0) is 38.1 Å². The van der Waals surface area contributed by atoms with Gasteiger partial charge in [0.15, 0.2) is 0 Å². The number of likely N-dealkylation sites (N-methyl/N-ethyl adjacent to an activating group) is 1. The topological polar surface area (TPSA) is 21.3 Å². The third kappa shape index (κ3) is 5.10. The molecule has 1 aromatic carbocycles. The second kappa shape index (κ2) is 8.08. The Morgan fingerprint density at radius 3 is 2.50 bits per heavy atom. The molecule has 0 saturated carbocycles. The van der Waals surface area contributed by atoms with Crippen LogP contribution in [0.5, 0.6) is 0 Å². The minimum absolute atomic E-state index is 0.691. The first-order valence-corrected chi connectivity index (χ1v) is 5.78. The molecule has 88 valence electrons. The molecule has 1 N–H and O–H groups in total. The van der Waals surface area contributed by atoms with E-state index in [1.165, 1.54) is 11.1 Å². The van der Waals surface area contributed by atoms with Crippen LogP contribution in [0.1, 0.15) is 18.1 Å². The van der Waals surface area contributed by atoms with Crippen LogP contribution in [0.2, 0.25) is 0 Å². The average Bonchev–Trinajstić information content (AvgIpc) is 2.33. The molecule has 2 nitrogen and oxygen atoms in total. The van der Waals surface area contributed by atoms with Gasteiger partial charge in [0.2, 0.25) is 0 Å². The number of allylic oxidation sites excluding steroid dienone is 1. The van der Waals surface area contributed by atoms with Crippen LogP contribution in [-0.4, -0.2) is 20.2 Å². The van der Waals surface area contributed by atoms with Crippen molar-refractivity contribution in [2.75, 3.05) is 20.2 Å². The van der Waals surface area contributed by atoms with Crippen molar-refractivity contribution in [3.63, 3.8) is 0 Å². The Balaban J connectivity index is 2.33. The van der Waals surface area contributed by atoms with Crippen LogP contribution in [0.4, 0.5) is 0 Å². The zero-order valence-electron chi connectivity index (χ0n) is 10.2. The van der Waals surface area contributed by atoms with E-state index < -0.39 is 0 Å². The fraction of sp³-hybridized carbons (Fsp3) is 0.429. The molecule has 0 amide bonds. The van der Waals surface area contributed by atoms with E-state index in [4.69, 9.17) is 4.74 Å². The molecule has 0 unspecified atom stereocenters. The highest BCUT2D eigenvalue weighted by molar-refractivity contribution is 5.22. The van der Waals surface area contributed by atoms with E-state index in [0.717, 1.165) is 13.0 Å². The second-order valence-corrected chi connectivity index (χ2v) is 3.75. The molecule has 1 aromatic rings. The van der Waals surface area contributed by atoms with Crippen LogP contribution in [0, 0.1) is 0 Å². The Bertz CT molecular complexity index is 303. The highest BCUT2D eigenvalue weighted by Gasteiger charge is 1.94. The first-order chi connectivity index (χ1) is 7.86. The van der Waals surface area contributed by atoms with Gasteiger partial charge in [-0.25, -0.2) is 0 Å². The summed E-state index contributed by atoms with van der Waals surface area (Å²) in [5.74, 6) is 0. The summed E-state index contributed by atoms with van der Waals surface area (Å²) in [7, 11) is 1.98. The molecule has 16 heavy (non-hydrogen) atoms. The largest absolute Gasteiger partial charge is 0.373 e. The van der Waals surface area contributed by atoms with Crippen molar-refractivity contribution in [2.45, 2.75) is 20.0 Å². The van der Waals surface area contributed by atoms with E-state index in [0.29, 0.717) is 13.2 Å². The number of ether oxygens (including phenoxy) is 1. The van der Waals surface area contributed by atoms with Gasteiger partial charge in [-0.1, -0.05) is 36.4 Å². The molecule has 0 radical (unpaired) electrons. The minimum Gasteiger partial charge on any atom is -0.373 e. The van der Waals surface area contributed by atoms with Crippen molar-refractivity contribution >= 4 is 0 Å². The van der Waals surface area contributed by atoms with Gasteiger partial charge in [-0.2, -0.15) is 0 Å². The predicted octanol–water partition coefficient (Wildman–Crippen LogP) is 2.54. The normalized spacial score (nSPS) is 11.1. The van der Waals surface area contributed by atoms with Crippen LogP contribution in [-0.2, 0) is 17.8 Å². The van der Waals surface area contributed by atoms with E-state index in [2.05, 4.69) is 29.6 Å². The first kappa shape index (κ1) is 12.9. The lowest BCUT2D eigenvalue weighted by Gasteiger charge is -2.04. The molecule has 1 rings (SSSR count). The molecule has 0 saturated heterocycles. The maximum absolute atomic E-state index is 5.48. The standard InChI is InChI=1S/C14H21NO/c1-3-4-11-16-12-14-7-5-13(6-8-14)9-10-15-2/h3-8,15H,9-12H2,1-2H3/b4-3+. The lowest BCUT2D eigenvalue weighted by molar-refractivity contribution is 0.148. The lowest BCUT2D eigenvalue weighted by Crippen LogP contribution is -2.10. The van der Waals surface area contributed by atoms with E-state index in [1.54, 1.807) is 0 Å². The van der Waals surface area contributed by atoms with Gasteiger partial charge in [0.05, 0.1) is 13.2 Å². The van der Waals surface area contributed by atoms with Gasteiger partial charge < -0.3 is 10.1 Å². The van der Waals surface area contributed by atoms with Crippen molar-refractivity contribution in [3.8, 4) is 0 Å². The van der Waals surface area contributed by atoms with Crippen molar-refractivity contribution < 1.29 is 4.74 Å². The van der Waals surface area contributed by atoms with Gasteiger partial charge >= 0.3 is 0 Å². The van der Waals surface area contributed by atoms with Crippen molar-refractivity contribution in [1.82, 2.24) is 5.32 Å². The zero-order chi connectivity index (χ0) is 11.6. The van der Waals surface area contributed by atoms with Crippen LogP contribution < -0.4 is 5.32 Å². The Morgan fingerprint density at radius 1 is 1.19 bits per heavy atom. The highest BCUT2D eigenvalue weighted by Crippen LogP contribution is 2.06. The summed E-state index contributed by atoms with van der Waals surface area (Å²) in [6.07, 6.45) is 5.10. The molecule has 2 heteroatoms. The van der Waals surface area contributed by atoms with Crippen LogP contribution in [0.25, 0.3) is 0 Å². The molecule has 0 atom stereocenters. The van der Waals surface area contributed by atoms with E-state index in [9.17, 15) is 0 Å². The maximum atomic E-state index is 5.48. The summed E-state index contributed by atoms with van der Waals surface area (Å²) in [6.45, 7) is 4.41. The maximum Gasteiger partial charge on any atom is 0.0721 e. The number of rotatable bonds is 7. The van der Waals surface area contributed by atoms with E-state index >= 15 is 0 Å². The molecule has 0 spiro atoms. The van der Waals surface area contributed by atoms with Gasteiger partial charge in [-0.15, -0.1) is 0 Å². The molecule has 0 aliphatic carbocycles. The molecule has 0 aromatic heterocycles. The minimum atomic E-state index is 0.691. The summed E-state index contributed by atoms with van der Waals surface area (Å²) < 4.78 is 5.48. The first-order valence-electron chi connectivity index (χ1n) is 5.78. The summed E-state index contributed by atoms with van der Waals surface area (Å²) in [5, 5.41) is 3.15. The summed E-state index contributed by atoms with van der Waals surface area (Å²) in [4.78, 5) is 0. The summed E-state index contributed by atoms with van der Waals surface area (Å²) >= 11 is 0. The number of hydrogen-bond acceptors (Lipinski definition) is 2. The van der Waals surface area contributed by atoms with Gasteiger partial charge in [0, 0.05) is 0 Å². The molecule has 0 aliphatic rings. The Morgan fingerprint density at radius 2 is 1.88 bits per heavy atom. The van der Waals surface area contributed by atoms with Crippen molar-refractivity contribution in [2.24, 2.45) is 0 Å². The van der Waals surface area contributed by atoms with Crippen molar-refractivity contribution in [3.05, 3.63) is 47.5 Å². The molecular weight excluding hydrogens is 198 g/mol. The second-order valence-electron chi connectivity index (χ2n) is 3.75. The van der Waals surface area contributed by atoms with Crippen LogP contribution in [0.3, 0.4) is 0 Å².